The zero-order valence-corrected chi connectivity index (χ0v) is 19.6. The third-order valence-corrected chi connectivity index (χ3v) is 5.71. The van der Waals surface area contributed by atoms with Gasteiger partial charge in [-0.1, -0.05) is 48.4 Å². The second-order valence-corrected chi connectivity index (χ2v) is 8.26. The standard InChI is InChI=1S/C26H26F3N5O/c1-4-16-10-13-21(20(28)14-16)31-24-18(11-12-19(27)23(24)29)25-32-33-26(35-25)30-15-22(34(2)3)17-8-6-5-7-9-17/h5-14,22,31H,4,15H2,1-3H3,(H,30,33). The highest BCUT2D eigenvalue weighted by atomic mass is 19.2. The molecule has 1 atom stereocenters. The van der Waals surface area contributed by atoms with Crippen LogP contribution in [0, 0.1) is 17.5 Å². The molecule has 0 aliphatic rings. The van der Waals surface area contributed by atoms with Gasteiger partial charge in [0, 0.05) is 6.54 Å². The Balaban J connectivity index is 1.58. The zero-order chi connectivity index (χ0) is 24.9. The molecule has 35 heavy (non-hydrogen) atoms. The van der Waals surface area contributed by atoms with Gasteiger partial charge in [0.2, 0.25) is 0 Å². The Labute approximate surface area is 201 Å². The van der Waals surface area contributed by atoms with Crippen molar-refractivity contribution in [2.75, 3.05) is 31.3 Å². The molecule has 1 heterocycles. The van der Waals surface area contributed by atoms with E-state index in [-0.39, 0.29) is 34.9 Å². The van der Waals surface area contributed by atoms with Crippen molar-refractivity contribution >= 4 is 17.4 Å². The Morgan fingerprint density at radius 3 is 2.40 bits per heavy atom. The fourth-order valence-corrected chi connectivity index (χ4v) is 3.73. The van der Waals surface area contributed by atoms with Crippen LogP contribution in [0.1, 0.15) is 24.1 Å². The lowest BCUT2D eigenvalue weighted by atomic mass is 10.1. The summed E-state index contributed by atoms with van der Waals surface area (Å²) in [5, 5.41) is 13.7. The zero-order valence-electron chi connectivity index (χ0n) is 19.6. The van der Waals surface area contributed by atoms with Gasteiger partial charge in [0.15, 0.2) is 11.6 Å². The van der Waals surface area contributed by atoms with Gasteiger partial charge in [-0.2, -0.15) is 0 Å². The number of nitrogens with zero attached hydrogens (tertiary/aromatic N) is 3. The molecule has 2 N–H and O–H groups in total. The number of hydrogen-bond donors (Lipinski definition) is 2. The van der Waals surface area contributed by atoms with Gasteiger partial charge in [-0.05, 0) is 55.9 Å². The fraction of sp³-hybridized carbons (Fsp3) is 0.231. The number of likely N-dealkylation sites (N-methyl/N-ethyl adjacent to an activating group) is 1. The highest BCUT2D eigenvalue weighted by Gasteiger charge is 2.21. The maximum absolute atomic E-state index is 14.8. The summed E-state index contributed by atoms with van der Waals surface area (Å²) >= 11 is 0. The van der Waals surface area contributed by atoms with Gasteiger partial charge in [0.1, 0.15) is 5.82 Å². The molecule has 0 radical (unpaired) electrons. The van der Waals surface area contributed by atoms with E-state index in [0.717, 1.165) is 17.2 Å². The molecule has 1 aromatic heterocycles. The Hall–Kier alpha value is -3.85. The van der Waals surface area contributed by atoms with Crippen LogP contribution in [0.3, 0.4) is 0 Å². The van der Waals surface area contributed by atoms with E-state index in [1.54, 1.807) is 6.07 Å². The van der Waals surface area contributed by atoms with Crippen LogP contribution in [0.25, 0.3) is 11.5 Å². The molecule has 1 unspecified atom stereocenters. The Morgan fingerprint density at radius 1 is 0.943 bits per heavy atom. The molecule has 0 amide bonds. The van der Waals surface area contributed by atoms with Gasteiger partial charge in [-0.3, -0.25) is 0 Å². The molecule has 0 aliphatic heterocycles. The Bertz CT molecular complexity index is 1290. The Morgan fingerprint density at radius 2 is 1.71 bits per heavy atom. The number of halogens is 3. The lowest BCUT2D eigenvalue weighted by Crippen LogP contribution is -2.26. The first-order valence-corrected chi connectivity index (χ1v) is 11.2. The van der Waals surface area contributed by atoms with Gasteiger partial charge in [-0.15, -0.1) is 5.10 Å². The van der Waals surface area contributed by atoms with Crippen LogP contribution in [-0.2, 0) is 6.42 Å². The molecule has 0 saturated heterocycles. The molecule has 4 aromatic rings. The fourth-order valence-electron chi connectivity index (χ4n) is 3.73. The predicted octanol–water partition coefficient (Wildman–Crippen LogP) is 6.17. The molecule has 6 nitrogen and oxygen atoms in total. The molecular weight excluding hydrogens is 455 g/mol. The monoisotopic (exact) mass is 481 g/mol. The van der Waals surface area contributed by atoms with Crippen LogP contribution < -0.4 is 10.6 Å². The molecular formula is C26H26F3N5O. The molecule has 3 aromatic carbocycles. The highest BCUT2D eigenvalue weighted by molar-refractivity contribution is 5.78. The number of aromatic nitrogens is 2. The lowest BCUT2D eigenvalue weighted by molar-refractivity contribution is 0.310. The minimum atomic E-state index is -1.18. The van der Waals surface area contributed by atoms with Crippen molar-refractivity contribution in [2.45, 2.75) is 19.4 Å². The van der Waals surface area contributed by atoms with E-state index < -0.39 is 17.5 Å². The summed E-state index contributed by atoms with van der Waals surface area (Å²) in [6.45, 7) is 2.37. The number of nitrogens with one attached hydrogen (secondary N) is 2. The summed E-state index contributed by atoms with van der Waals surface area (Å²) in [7, 11) is 3.92. The van der Waals surface area contributed by atoms with Gasteiger partial charge in [0.05, 0.1) is 23.0 Å². The highest BCUT2D eigenvalue weighted by Crippen LogP contribution is 2.35. The normalized spacial score (nSPS) is 12.1. The van der Waals surface area contributed by atoms with Crippen molar-refractivity contribution < 1.29 is 17.6 Å². The van der Waals surface area contributed by atoms with E-state index in [4.69, 9.17) is 4.42 Å². The second kappa shape index (κ2) is 10.6. The van der Waals surface area contributed by atoms with E-state index >= 15 is 0 Å². The number of benzene rings is 3. The summed E-state index contributed by atoms with van der Waals surface area (Å²) < 4.78 is 49.1. The Kier molecular flexibility index (Phi) is 7.36. The SMILES string of the molecule is CCc1ccc(Nc2c(-c3nnc(NCC(c4ccccc4)N(C)C)o3)ccc(F)c2F)c(F)c1. The van der Waals surface area contributed by atoms with Crippen LogP contribution in [0.5, 0.6) is 0 Å². The number of hydrogen-bond acceptors (Lipinski definition) is 6. The molecule has 0 saturated carbocycles. The molecule has 0 aliphatic carbocycles. The molecule has 182 valence electrons. The maximum Gasteiger partial charge on any atom is 0.315 e. The van der Waals surface area contributed by atoms with Crippen molar-refractivity contribution in [1.29, 1.82) is 0 Å². The number of rotatable bonds is 9. The average molecular weight is 482 g/mol. The van der Waals surface area contributed by atoms with E-state index in [2.05, 4.69) is 25.7 Å². The predicted molar refractivity (Wildman–Crippen MR) is 130 cm³/mol. The first-order valence-electron chi connectivity index (χ1n) is 11.2. The topological polar surface area (TPSA) is 66.2 Å². The average Bonchev–Trinajstić information content (AvgIpc) is 3.32. The minimum absolute atomic E-state index is 0.00231. The van der Waals surface area contributed by atoms with E-state index in [0.29, 0.717) is 13.0 Å². The van der Waals surface area contributed by atoms with Gasteiger partial charge in [0.25, 0.3) is 5.89 Å². The second-order valence-electron chi connectivity index (χ2n) is 8.26. The molecule has 0 fully saturated rings. The molecule has 4 rings (SSSR count). The number of anilines is 3. The van der Waals surface area contributed by atoms with Crippen molar-refractivity contribution in [3.8, 4) is 11.5 Å². The van der Waals surface area contributed by atoms with Crippen LogP contribution in [-0.4, -0.2) is 35.7 Å². The third kappa shape index (κ3) is 5.46. The quantitative estimate of drug-likeness (QED) is 0.298. The minimum Gasteiger partial charge on any atom is -0.403 e. The molecule has 0 spiro atoms. The van der Waals surface area contributed by atoms with Gasteiger partial charge in [-0.25, -0.2) is 13.2 Å². The van der Waals surface area contributed by atoms with Crippen LogP contribution in [0.15, 0.2) is 65.1 Å². The van der Waals surface area contributed by atoms with Gasteiger partial charge < -0.3 is 20.0 Å². The van der Waals surface area contributed by atoms with Gasteiger partial charge >= 0.3 is 6.01 Å². The summed E-state index contributed by atoms with van der Waals surface area (Å²) in [4.78, 5) is 2.05. The first kappa shape index (κ1) is 24.3. The maximum atomic E-state index is 14.8. The van der Waals surface area contributed by atoms with Crippen molar-refractivity contribution in [3.63, 3.8) is 0 Å². The van der Waals surface area contributed by atoms with E-state index in [9.17, 15) is 13.2 Å². The molecule has 0 bridgehead atoms. The third-order valence-electron chi connectivity index (χ3n) is 5.71. The summed E-state index contributed by atoms with van der Waals surface area (Å²) in [5.74, 6) is -2.88. The van der Waals surface area contributed by atoms with Crippen LogP contribution >= 0.6 is 0 Å². The van der Waals surface area contributed by atoms with Crippen LogP contribution in [0.2, 0.25) is 0 Å². The first-order chi connectivity index (χ1) is 16.9. The van der Waals surface area contributed by atoms with Crippen LogP contribution in [0.4, 0.5) is 30.6 Å². The summed E-state index contributed by atoms with van der Waals surface area (Å²) in [5.41, 5.74) is 1.71. The van der Waals surface area contributed by atoms with E-state index in [1.807, 2.05) is 51.4 Å². The van der Waals surface area contributed by atoms with Crippen molar-refractivity contribution in [1.82, 2.24) is 15.1 Å². The van der Waals surface area contributed by atoms with Crippen molar-refractivity contribution in [3.05, 3.63) is 89.2 Å². The lowest BCUT2D eigenvalue weighted by Gasteiger charge is -2.24. The molecule has 9 heteroatoms. The smallest absolute Gasteiger partial charge is 0.315 e. The van der Waals surface area contributed by atoms with E-state index in [1.165, 1.54) is 18.2 Å². The largest absolute Gasteiger partial charge is 0.403 e. The van der Waals surface area contributed by atoms with Crippen molar-refractivity contribution in [2.24, 2.45) is 0 Å². The number of aryl methyl sites for hydroxylation is 1. The summed E-state index contributed by atoms with van der Waals surface area (Å²) in [6.07, 6.45) is 0.646. The summed E-state index contributed by atoms with van der Waals surface area (Å²) in [6, 6.07) is 16.9.